The average Bonchev–Trinajstić information content (AvgIpc) is 2.76. The second-order valence-corrected chi connectivity index (χ2v) is 4.14. The molecule has 0 saturated heterocycles. The number of nitrogens with one attached hydrogen (secondary N) is 1. The first kappa shape index (κ1) is 11.1. The van der Waals surface area contributed by atoms with Gasteiger partial charge in [0.1, 0.15) is 11.6 Å². The molecule has 0 bridgehead atoms. The number of rotatable bonds is 4. The van der Waals surface area contributed by atoms with Gasteiger partial charge < -0.3 is 5.73 Å². The molecule has 1 aromatic heterocycles. The highest BCUT2D eigenvalue weighted by Gasteiger charge is 2.05. The normalized spacial score (nSPS) is 10.6. The van der Waals surface area contributed by atoms with Gasteiger partial charge in [0, 0.05) is 4.90 Å². The van der Waals surface area contributed by atoms with Gasteiger partial charge in [-0.15, -0.1) is 11.8 Å². The summed E-state index contributed by atoms with van der Waals surface area (Å²) in [5.74, 6) is 1.61. The van der Waals surface area contributed by atoms with Crippen LogP contribution in [0.25, 0.3) is 0 Å². The number of benzene rings is 1. The second-order valence-electron chi connectivity index (χ2n) is 3.12. The molecule has 0 aliphatic carbocycles. The van der Waals surface area contributed by atoms with Gasteiger partial charge in [-0.3, -0.25) is 5.10 Å². The van der Waals surface area contributed by atoms with Crippen molar-refractivity contribution in [1.29, 1.82) is 0 Å². The van der Waals surface area contributed by atoms with E-state index in [4.69, 9.17) is 5.73 Å². The molecule has 84 valence electrons. The molecule has 0 atom stereocenters. The van der Waals surface area contributed by atoms with Crippen molar-refractivity contribution in [3.63, 3.8) is 0 Å². The maximum absolute atomic E-state index is 13.3. The smallest absolute Gasteiger partial charge is 0.164 e. The first-order chi connectivity index (χ1) is 7.79. The molecule has 0 aliphatic heterocycles. The summed E-state index contributed by atoms with van der Waals surface area (Å²) >= 11 is 1.37. The lowest BCUT2D eigenvalue weighted by atomic mass is 10.3. The third-order valence-corrected chi connectivity index (χ3v) is 3.02. The van der Waals surface area contributed by atoms with Gasteiger partial charge in [-0.1, -0.05) is 12.1 Å². The number of nitrogens with two attached hydrogens (primary N) is 1. The van der Waals surface area contributed by atoms with E-state index in [1.165, 1.54) is 17.8 Å². The van der Waals surface area contributed by atoms with E-state index in [0.29, 0.717) is 28.8 Å². The van der Waals surface area contributed by atoms with E-state index in [2.05, 4.69) is 15.2 Å². The Morgan fingerprint density at radius 2 is 2.19 bits per heavy atom. The predicted octanol–water partition coefficient (Wildman–Crippen LogP) is 1.69. The molecule has 0 spiro atoms. The van der Waals surface area contributed by atoms with Gasteiger partial charge >= 0.3 is 0 Å². The lowest BCUT2D eigenvalue weighted by Gasteiger charge is -1.99. The predicted molar refractivity (Wildman–Crippen MR) is 60.2 cm³/mol. The zero-order valence-corrected chi connectivity index (χ0v) is 9.30. The Hall–Kier alpha value is -1.40. The van der Waals surface area contributed by atoms with Gasteiger partial charge in [0.05, 0.1) is 12.3 Å². The van der Waals surface area contributed by atoms with Crippen molar-refractivity contribution < 1.29 is 4.39 Å². The zero-order chi connectivity index (χ0) is 11.4. The molecule has 1 heterocycles. The summed E-state index contributed by atoms with van der Waals surface area (Å²) in [5, 5.41) is 6.66. The van der Waals surface area contributed by atoms with Crippen LogP contribution in [0.4, 0.5) is 4.39 Å². The number of halogens is 1. The van der Waals surface area contributed by atoms with Crippen molar-refractivity contribution in [2.24, 2.45) is 5.73 Å². The van der Waals surface area contributed by atoms with Gasteiger partial charge in [0.15, 0.2) is 5.82 Å². The number of nitrogens with zero attached hydrogens (tertiary/aromatic N) is 2. The highest BCUT2D eigenvalue weighted by Crippen LogP contribution is 2.23. The van der Waals surface area contributed by atoms with Gasteiger partial charge in [0.2, 0.25) is 0 Å². The molecular weight excluding hydrogens is 227 g/mol. The molecule has 4 nitrogen and oxygen atoms in total. The molecule has 1 aromatic carbocycles. The molecule has 16 heavy (non-hydrogen) atoms. The number of hydrogen-bond donors (Lipinski definition) is 2. The molecule has 0 fully saturated rings. The standard InChI is InChI=1S/C10H11FN4S/c11-7-3-1-2-4-8(7)16-6-10-13-9(5-12)14-15-10/h1-4H,5-6,12H2,(H,13,14,15). The fourth-order valence-corrected chi connectivity index (χ4v) is 2.00. The van der Waals surface area contributed by atoms with E-state index in [-0.39, 0.29) is 5.82 Å². The largest absolute Gasteiger partial charge is 0.324 e. The Balaban J connectivity index is 1.99. The van der Waals surface area contributed by atoms with Crippen LogP contribution in [0, 0.1) is 5.82 Å². The highest BCUT2D eigenvalue weighted by atomic mass is 32.2. The van der Waals surface area contributed by atoms with Crippen LogP contribution in [0.3, 0.4) is 0 Å². The first-order valence-electron chi connectivity index (χ1n) is 4.77. The molecule has 0 aliphatic rings. The van der Waals surface area contributed by atoms with Crippen LogP contribution in [-0.2, 0) is 12.3 Å². The van der Waals surface area contributed by atoms with Crippen LogP contribution in [0.2, 0.25) is 0 Å². The van der Waals surface area contributed by atoms with E-state index in [1.54, 1.807) is 18.2 Å². The number of aromatic amines is 1. The summed E-state index contributed by atoms with van der Waals surface area (Å²) in [5.41, 5.74) is 5.38. The lowest BCUT2D eigenvalue weighted by Crippen LogP contribution is -1.98. The van der Waals surface area contributed by atoms with E-state index in [0.717, 1.165) is 0 Å². The van der Waals surface area contributed by atoms with E-state index >= 15 is 0 Å². The molecule has 0 radical (unpaired) electrons. The number of aromatic nitrogens is 3. The molecule has 0 saturated carbocycles. The zero-order valence-electron chi connectivity index (χ0n) is 8.48. The lowest BCUT2D eigenvalue weighted by molar-refractivity contribution is 0.602. The molecule has 2 aromatic rings. The minimum absolute atomic E-state index is 0.217. The topological polar surface area (TPSA) is 67.6 Å². The Kier molecular flexibility index (Phi) is 3.53. The Bertz CT molecular complexity index is 471. The SMILES string of the molecule is NCc1n[nH]c(CSc2ccccc2F)n1. The maximum Gasteiger partial charge on any atom is 0.164 e. The third-order valence-electron chi connectivity index (χ3n) is 1.96. The summed E-state index contributed by atoms with van der Waals surface area (Å²) < 4.78 is 13.3. The van der Waals surface area contributed by atoms with Crippen LogP contribution in [-0.4, -0.2) is 15.2 Å². The maximum atomic E-state index is 13.3. The fourth-order valence-electron chi connectivity index (χ4n) is 1.20. The molecule has 6 heteroatoms. The minimum Gasteiger partial charge on any atom is -0.324 e. The van der Waals surface area contributed by atoms with Crippen molar-refractivity contribution in [3.8, 4) is 0 Å². The van der Waals surface area contributed by atoms with Crippen molar-refractivity contribution in [2.75, 3.05) is 0 Å². The second kappa shape index (κ2) is 5.09. The average molecular weight is 238 g/mol. The summed E-state index contributed by atoms with van der Waals surface area (Å²) in [4.78, 5) is 4.74. The molecule has 0 unspecified atom stereocenters. The molecule has 2 rings (SSSR count). The summed E-state index contributed by atoms with van der Waals surface area (Å²) in [6.07, 6.45) is 0. The molecular formula is C10H11FN4S. The first-order valence-corrected chi connectivity index (χ1v) is 5.75. The highest BCUT2D eigenvalue weighted by molar-refractivity contribution is 7.98. The van der Waals surface area contributed by atoms with E-state index in [1.807, 2.05) is 0 Å². The Morgan fingerprint density at radius 1 is 1.38 bits per heavy atom. The third kappa shape index (κ3) is 2.59. The van der Waals surface area contributed by atoms with Crippen molar-refractivity contribution in [2.45, 2.75) is 17.2 Å². The number of H-pyrrole nitrogens is 1. The molecule has 3 N–H and O–H groups in total. The van der Waals surface area contributed by atoms with Crippen molar-refractivity contribution in [1.82, 2.24) is 15.2 Å². The van der Waals surface area contributed by atoms with Crippen molar-refractivity contribution in [3.05, 3.63) is 41.7 Å². The van der Waals surface area contributed by atoms with Crippen LogP contribution >= 0.6 is 11.8 Å². The summed E-state index contributed by atoms with van der Waals surface area (Å²) in [6, 6.07) is 6.64. The van der Waals surface area contributed by atoms with Crippen LogP contribution < -0.4 is 5.73 Å². The van der Waals surface area contributed by atoms with Gasteiger partial charge in [-0.25, -0.2) is 9.37 Å². The van der Waals surface area contributed by atoms with Crippen LogP contribution in [0.1, 0.15) is 11.6 Å². The van der Waals surface area contributed by atoms with Crippen LogP contribution in [0.5, 0.6) is 0 Å². The van der Waals surface area contributed by atoms with Gasteiger partial charge in [0.25, 0.3) is 0 Å². The van der Waals surface area contributed by atoms with Crippen molar-refractivity contribution >= 4 is 11.8 Å². The molecule has 0 amide bonds. The Morgan fingerprint density at radius 3 is 2.88 bits per heavy atom. The van der Waals surface area contributed by atoms with E-state index < -0.39 is 0 Å². The van der Waals surface area contributed by atoms with E-state index in [9.17, 15) is 4.39 Å². The quantitative estimate of drug-likeness (QED) is 0.795. The summed E-state index contributed by atoms with van der Waals surface area (Å²) in [6.45, 7) is 0.306. The Labute approximate surface area is 96.5 Å². The minimum atomic E-state index is -0.217. The number of thioether (sulfide) groups is 1. The fraction of sp³-hybridized carbons (Fsp3) is 0.200. The van der Waals surface area contributed by atoms with Crippen LogP contribution in [0.15, 0.2) is 29.2 Å². The monoisotopic (exact) mass is 238 g/mol. The van der Waals surface area contributed by atoms with Gasteiger partial charge in [-0.05, 0) is 12.1 Å². The number of hydrogen-bond acceptors (Lipinski definition) is 4. The summed E-state index contributed by atoms with van der Waals surface area (Å²) in [7, 11) is 0. The van der Waals surface area contributed by atoms with Gasteiger partial charge in [-0.2, -0.15) is 5.10 Å².